The van der Waals surface area contributed by atoms with E-state index < -0.39 is 11.0 Å². The van der Waals surface area contributed by atoms with Crippen molar-refractivity contribution in [2.75, 3.05) is 13.2 Å². The molecule has 1 aromatic carbocycles. The Hall–Kier alpha value is -1.10. The van der Waals surface area contributed by atoms with Gasteiger partial charge < -0.3 is 14.7 Å². The van der Waals surface area contributed by atoms with E-state index in [1.54, 1.807) is 11.0 Å². The van der Waals surface area contributed by atoms with E-state index >= 15 is 0 Å². The molecule has 0 aliphatic carbocycles. The summed E-state index contributed by atoms with van der Waals surface area (Å²) in [6.07, 6.45) is 0. The molecule has 1 N–H and O–H groups in total. The highest BCUT2D eigenvalue weighted by molar-refractivity contribution is 6.30. The van der Waals surface area contributed by atoms with Crippen molar-refractivity contribution in [3.05, 3.63) is 34.9 Å². The molecule has 0 aromatic heterocycles. The fourth-order valence-corrected chi connectivity index (χ4v) is 3.33. The second kappa shape index (κ2) is 4.70. The Balaban J connectivity index is 2.04. The maximum atomic E-state index is 12.6. The first kappa shape index (κ1) is 14.8. The summed E-state index contributed by atoms with van der Waals surface area (Å²) in [7, 11) is 0. The maximum Gasteiger partial charge on any atom is 0.258 e. The van der Waals surface area contributed by atoms with Crippen LogP contribution in [0.2, 0.25) is 5.02 Å². The quantitative estimate of drug-likeness (QED) is 0.854. The third-order valence-electron chi connectivity index (χ3n) is 4.56. The average Bonchev–Trinajstić information content (AvgIpc) is 2.34. The normalized spacial score (nSPS) is 30.0. The number of amides is 1. The number of halogens is 1. The molecule has 2 atom stereocenters. The number of carbonyl (C=O) groups excluding carboxylic acids is 1. The molecule has 114 valence electrons. The van der Waals surface area contributed by atoms with Crippen LogP contribution in [0.5, 0.6) is 0 Å². The first-order valence-corrected chi connectivity index (χ1v) is 7.53. The molecule has 0 radical (unpaired) electrons. The molecular weight excluding hydrogens is 290 g/mol. The third kappa shape index (κ3) is 2.00. The van der Waals surface area contributed by atoms with Crippen LogP contribution < -0.4 is 0 Å². The van der Waals surface area contributed by atoms with Crippen LogP contribution in [0.15, 0.2) is 24.3 Å². The molecule has 2 heterocycles. The van der Waals surface area contributed by atoms with E-state index in [0.29, 0.717) is 18.2 Å². The van der Waals surface area contributed by atoms with Crippen molar-refractivity contribution in [3.8, 4) is 0 Å². The summed E-state index contributed by atoms with van der Waals surface area (Å²) < 4.78 is 5.20. The Morgan fingerprint density at radius 2 is 2.05 bits per heavy atom. The highest BCUT2D eigenvalue weighted by Gasteiger charge is 2.67. The van der Waals surface area contributed by atoms with Gasteiger partial charge in [-0.2, -0.15) is 0 Å². The van der Waals surface area contributed by atoms with E-state index in [-0.39, 0.29) is 18.0 Å². The van der Waals surface area contributed by atoms with E-state index in [1.165, 1.54) is 0 Å². The largest absolute Gasteiger partial charge is 0.377 e. The highest BCUT2D eigenvalue weighted by atomic mass is 35.5. The van der Waals surface area contributed by atoms with Gasteiger partial charge in [-0.3, -0.25) is 4.79 Å². The van der Waals surface area contributed by atoms with Gasteiger partial charge in [-0.05, 0) is 17.7 Å². The number of ether oxygens (including phenoxy) is 1. The SMILES string of the molecule is CC(C)(C)C1(O)C(=O)N(C2COC2)C1c1cccc(Cl)c1. The number of β-lactam (4-membered cyclic amide) rings is 1. The van der Waals surface area contributed by atoms with Crippen LogP contribution >= 0.6 is 11.6 Å². The number of hydrogen-bond acceptors (Lipinski definition) is 3. The number of likely N-dealkylation sites (tertiary alicyclic amines) is 1. The monoisotopic (exact) mass is 309 g/mol. The molecule has 0 saturated carbocycles. The lowest BCUT2D eigenvalue weighted by molar-refractivity contribution is -0.238. The van der Waals surface area contributed by atoms with Gasteiger partial charge in [0.05, 0.1) is 25.3 Å². The molecule has 0 bridgehead atoms. The predicted octanol–water partition coefficient (Wildman–Crippen LogP) is 2.40. The van der Waals surface area contributed by atoms with Crippen LogP contribution in [0.3, 0.4) is 0 Å². The van der Waals surface area contributed by atoms with Crippen molar-refractivity contribution in [2.45, 2.75) is 38.5 Å². The predicted molar refractivity (Wildman–Crippen MR) is 80.1 cm³/mol. The summed E-state index contributed by atoms with van der Waals surface area (Å²) in [5.41, 5.74) is -1.10. The standard InChI is InChI=1S/C16H20ClNO3/c1-15(2,3)16(20)13(10-5-4-6-11(17)7-10)18(14(16)19)12-8-21-9-12/h4-7,12-13,20H,8-9H2,1-3H3. The molecule has 0 spiro atoms. The van der Waals surface area contributed by atoms with Crippen molar-refractivity contribution in [1.82, 2.24) is 4.90 Å². The molecule has 2 aliphatic rings. The summed E-state index contributed by atoms with van der Waals surface area (Å²) in [5.74, 6) is -0.215. The summed E-state index contributed by atoms with van der Waals surface area (Å²) in [4.78, 5) is 14.4. The average molecular weight is 310 g/mol. The van der Waals surface area contributed by atoms with Crippen molar-refractivity contribution >= 4 is 17.5 Å². The smallest absolute Gasteiger partial charge is 0.258 e. The van der Waals surface area contributed by atoms with Gasteiger partial charge in [0, 0.05) is 10.4 Å². The van der Waals surface area contributed by atoms with Gasteiger partial charge in [0.1, 0.15) is 0 Å². The lowest BCUT2D eigenvalue weighted by Gasteiger charge is -2.61. The molecule has 2 saturated heterocycles. The number of carbonyl (C=O) groups is 1. The van der Waals surface area contributed by atoms with Crippen molar-refractivity contribution in [1.29, 1.82) is 0 Å². The molecule has 4 nitrogen and oxygen atoms in total. The zero-order valence-corrected chi connectivity index (χ0v) is 13.2. The van der Waals surface area contributed by atoms with Crippen LogP contribution in [0.25, 0.3) is 0 Å². The first-order valence-electron chi connectivity index (χ1n) is 7.15. The number of hydrogen-bond donors (Lipinski definition) is 1. The van der Waals surface area contributed by atoms with Crippen molar-refractivity contribution in [2.24, 2.45) is 5.41 Å². The number of nitrogens with zero attached hydrogens (tertiary/aromatic N) is 1. The van der Waals surface area contributed by atoms with E-state index in [4.69, 9.17) is 16.3 Å². The zero-order valence-electron chi connectivity index (χ0n) is 12.5. The van der Waals surface area contributed by atoms with Crippen LogP contribution in [-0.4, -0.2) is 40.8 Å². The molecule has 2 aliphatic heterocycles. The minimum absolute atomic E-state index is 0.0455. The van der Waals surface area contributed by atoms with Crippen LogP contribution in [0, 0.1) is 5.41 Å². The van der Waals surface area contributed by atoms with Gasteiger partial charge in [0.25, 0.3) is 5.91 Å². The minimum Gasteiger partial charge on any atom is -0.377 e. The molecule has 3 rings (SSSR count). The molecule has 5 heteroatoms. The minimum atomic E-state index is -1.41. The van der Waals surface area contributed by atoms with Gasteiger partial charge in [-0.15, -0.1) is 0 Å². The Morgan fingerprint density at radius 1 is 1.38 bits per heavy atom. The fourth-order valence-electron chi connectivity index (χ4n) is 3.14. The first-order chi connectivity index (χ1) is 9.76. The summed E-state index contributed by atoms with van der Waals surface area (Å²) in [5, 5.41) is 11.7. The summed E-state index contributed by atoms with van der Waals surface area (Å²) >= 11 is 6.08. The summed E-state index contributed by atoms with van der Waals surface area (Å²) in [6.45, 7) is 6.72. The fraction of sp³-hybridized carbons (Fsp3) is 0.562. The van der Waals surface area contributed by atoms with Crippen LogP contribution in [0.1, 0.15) is 32.4 Å². The molecule has 1 amide bonds. The van der Waals surface area contributed by atoms with Gasteiger partial charge in [0.15, 0.2) is 5.60 Å². The zero-order chi connectivity index (χ0) is 15.4. The Bertz CT molecular complexity index is 579. The number of aliphatic hydroxyl groups is 1. The molecule has 2 fully saturated rings. The Morgan fingerprint density at radius 3 is 2.52 bits per heavy atom. The van der Waals surface area contributed by atoms with Gasteiger partial charge in [-0.1, -0.05) is 44.5 Å². The molecule has 1 aromatic rings. The Kier molecular flexibility index (Phi) is 3.32. The Labute approximate surface area is 129 Å². The highest BCUT2D eigenvalue weighted by Crippen LogP contribution is 2.54. The van der Waals surface area contributed by atoms with Crippen LogP contribution in [-0.2, 0) is 9.53 Å². The second-order valence-electron chi connectivity index (χ2n) is 6.88. The van der Waals surface area contributed by atoms with Gasteiger partial charge in [0.2, 0.25) is 0 Å². The summed E-state index contributed by atoms with van der Waals surface area (Å²) in [6, 6.07) is 7.03. The topological polar surface area (TPSA) is 49.8 Å². The number of rotatable bonds is 2. The van der Waals surface area contributed by atoms with E-state index in [0.717, 1.165) is 5.56 Å². The maximum absolute atomic E-state index is 12.6. The van der Waals surface area contributed by atoms with E-state index in [1.807, 2.05) is 39.0 Å². The van der Waals surface area contributed by atoms with Crippen LogP contribution in [0.4, 0.5) is 0 Å². The van der Waals surface area contributed by atoms with E-state index in [9.17, 15) is 9.90 Å². The van der Waals surface area contributed by atoms with Gasteiger partial charge in [-0.25, -0.2) is 0 Å². The molecular formula is C16H20ClNO3. The molecule has 2 unspecified atom stereocenters. The number of benzene rings is 1. The van der Waals surface area contributed by atoms with Crippen molar-refractivity contribution < 1.29 is 14.6 Å². The second-order valence-corrected chi connectivity index (χ2v) is 7.31. The lowest BCUT2D eigenvalue weighted by Crippen LogP contribution is -2.77. The van der Waals surface area contributed by atoms with Gasteiger partial charge >= 0.3 is 0 Å². The van der Waals surface area contributed by atoms with Crippen molar-refractivity contribution in [3.63, 3.8) is 0 Å². The third-order valence-corrected chi connectivity index (χ3v) is 4.79. The van der Waals surface area contributed by atoms with E-state index in [2.05, 4.69) is 0 Å². The molecule has 21 heavy (non-hydrogen) atoms. The lowest BCUT2D eigenvalue weighted by atomic mass is 9.62.